The van der Waals surface area contributed by atoms with E-state index in [1.165, 1.54) is 0 Å². The molecule has 9 heteroatoms. The van der Waals surface area contributed by atoms with Gasteiger partial charge in [0, 0.05) is 42.0 Å². The number of hydrogen-bond donors (Lipinski definition) is 4. The van der Waals surface area contributed by atoms with Crippen LogP contribution in [0.5, 0.6) is 0 Å². The Balaban J connectivity index is 1.56. The van der Waals surface area contributed by atoms with Gasteiger partial charge in [-0.25, -0.2) is 4.98 Å². The zero-order valence-electron chi connectivity index (χ0n) is 20.8. The van der Waals surface area contributed by atoms with Gasteiger partial charge in [0.1, 0.15) is 11.6 Å². The molecule has 4 rings (SSSR count). The lowest BCUT2D eigenvalue weighted by Crippen LogP contribution is -2.50. The lowest BCUT2D eigenvalue weighted by molar-refractivity contribution is -0.112. The summed E-state index contributed by atoms with van der Waals surface area (Å²) in [5.41, 5.74) is 3.78. The van der Waals surface area contributed by atoms with Gasteiger partial charge in [0.2, 0.25) is 0 Å². The predicted molar refractivity (Wildman–Crippen MR) is 143 cm³/mol. The molecule has 0 spiro atoms. The summed E-state index contributed by atoms with van der Waals surface area (Å²) in [5.74, 6) is 1.56. The molecule has 1 amide bonds. The van der Waals surface area contributed by atoms with Gasteiger partial charge in [-0.05, 0) is 50.3 Å². The van der Waals surface area contributed by atoms with Crippen LogP contribution in [0.2, 0.25) is 0 Å². The normalized spacial score (nSPS) is 17.4. The third-order valence-corrected chi connectivity index (χ3v) is 6.49. The summed E-state index contributed by atoms with van der Waals surface area (Å²) in [6.45, 7) is 13.7. The molecule has 1 atom stereocenters. The summed E-state index contributed by atoms with van der Waals surface area (Å²) in [5, 5.41) is 18.0. The van der Waals surface area contributed by atoms with E-state index >= 15 is 0 Å². The van der Waals surface area contributed by atoms with Crippen molar-refractivity contribution in [3.63, 3.8) is 0 Å². The molecule has 186 valence electrons. The van der Waals surface area contributed by atoms with Crippen molar-refractivity contribution in [1.82, 2.24) is 19.9 Å². The molecule has 1 fully saturated rings. The summed E-state index contributed by atoms with van der Waals surface area (Å²) in [6, 6.07) is 9.92. The zero-order valence-corrected chi connectivity index (χ0v) is 21.5. The highest BCUT2D eigenvalue weighted by atomic mass is 35.5. The van der Waals surface area contributed by atoms with Crippen LogP contribution in [-0.2, 0) is 11.3 Å². The van der Waals surface area contributed by atoms with E-state index in [4.69, 9.17) is 16.6 Å². The quantitative estimate of drug-likeness (QED) is 0.325. The molecular formula is C26H34ClN7O. The first-order valence-electron chi connectivity index (χ1n) is 12.0. The fourth-order valence-electron chi connectivity index (χ4n) is 4.19. The van der Waals surface area contributed by atoms with Gasteiger partial charge >= 0.3 is 0 Å². The lowest BCUT2D eigenvalue weighted by Gasteiger charge is -2.36. The summed E-state index contributed by atoms with van der Waals surface area (Å²) >= 11 is 5.69. The Bertz CT molecular complexity index is 1220. The number of piperidine rings is 1. The Hall–Kier alpha value is -3.10. The van der Waals surface area contributed by atoms with Gasteiger partial charge < -0.3 is 21.3 Å². The SMILES string of the molecule is C=C(Cl)C(=O)Nc1cccc(CNc2cc(N[C@H]3CCC(C)(C)NC3)nc3c(C(C)C)cnn23)c1. The molecule has 1 aliphatic heterocycles. The van der Waals surface area contributed by atoms with E-state index in [2.05, 4.69) is 60.6 Å². The molecule has 0 aliphatic carbocycles. The van der Waals surface area contributed by atoms with Crippen molar-refractivity contribution in [2.75, 3.05) is 22.5 Å². The number of fused-ring (bicyclic) bond motifs is 1. The molecule has 1 saturated heterocycles. The fraction of sp³-hybridized carbons (Fsp3) is 0.423. The topological polar surface area (TPSA) is 95.4 Å². The van der Waals surface area contributed by atoms with Crippen molar-refractivity contribution in [2.24, 2.45) is 0 Å². The minimum atomic E-state index is -0.415. The van der Waals surface area contributed by atoms with E-state index in [1.54, 1.807) is 0 Å². The van der Waals surface area contributed by atoms with Crippen LogP contribution in [0, 0.1) is 0 Å². The zero-order chi connectivity index (χ0) is 25.2. The number of aromatic nitrogens is 3. The first kappa shape index (κ1) is 25.0. The van der Waals surface area contributed by atoms with Gasteiger partial charge in [0.15, 0.2) is 5.65 Å². The molecular weight excluding hydrogens is 462 g/mol. The largest absolute Gasteiger partial charge is 0.366 e. The van der Waals surface area contributed by atoms with Crippen LogP contribution in [0.15, 0.2) is 48.1 Å². The highest BCUT2D eigenvalue weighted by Gasteiger charge is 2.26. The lowest BCUT2D eigenvalue weighted by atomic mass is 9.91. The van der Waals surface area contributed by atoms with Crippen LogP contribution in [-0.4, -0.2) is 38.6 Å². The summed E-state index contributed by atoms with van der Waals surface area (Å²) in [6.07, 6.45) is 4.08. The third kappa shape index (κ3) is 6.13. The molecule has 0 radical (unpaired) electrons. The number of amides is 1. The highest BCUT2D eigenvalue weighted by molar-refractivity contribution is 6.43. The second-order valence-electron chi connectivity index (χ2n) is 10.1. The average molecular weight is 496 g/mol. The first-order valence-corrected chi connectivity index (χ1v) is 12.4. The Morgan fingerprint density at radius 3 is 2.83 bits per heavy atom. The van der Waals surface area contributed by atoms with Crippen LogP contribution < -0.4 is 21.3 Å². The standard InChI is InChI=1S/C26H34ClN7O/c1-16(2)21-15-30-34-23(28-13-18-7-6-8-19(11-18)32-25(35)17(3)27)12-22(33-24(21)34)31-20-9-10-26(4,5)29-14-20/h6-8,11-12,15-16,20,28-29H,3,9-10,13-14H2,1-2,4-5H3,(H,31,33)(H,32,35)/t20-/m0/s1. The Kier molecular flexibility index (Phi) is 7.33. The van der Waals surface area contributed by atoms with E-state index < -0.39 is 5.91 Å². The number of hydrogen-bond acceptors (Lipinski definition) is 6. The Morgan fingerprint density at radius 1 is 1.34 bits per heavy atom. The van der Waals surface area contributed by atoms with Gasteiger partial charge in [-0.3, -0.25) is 4.79 Å². The number of nitrogens with zero attached hydrogens (tertiary/aromatic N) is 3. The van der Waals surface area contributed by atoms with Gasteiger partial charge in [-0.2, -0.15) is 9.61 Å². The second kappa shape index (κ2) is 10.3. The molecule has 0 unspecified atom stereocenters. The molecule has 0 bridgehead atoms. The van der Waals surface area contributed by atoms with Crippen LogP contribution in [0.4, 0.5) is 17.3 Å². The summed E-state index contributed by atoms with van der Waals surface area (Å²) in [7, 11) is 0. The molecule has 0 saturated carbocycles. The minimum Gasteiger partial charge on any atom is -0.366 e. The Morgan fingerprint density at radius 2 is 2.14 bits per heavy atom. The van der Waals surface area contributed by atoms with Crippen LogP contribution in [0.3, 0.4) is 0 Å². The van der Waals surface area contributed by atoms with Crippen molar-refractivity contribution in [3.05, 3.63) is 59.3 Å². The smallest absolute Gasteiger partial charge is 0.266 e. The van der Waals surface area contributed by atoms with Gasteiger partial charge in [0.05, 0.1) is 11.2 Å². The Labute approximate surface area is 211 Å². The predicted octanol–water partition coefficient (Wildman–Crippen LogP) is 5.10. The van der Waals surface area contributed by atoms with Crippen LogP contribution >= 0.6 is 11.6 Å². The monoisotopic (exact) mass is 495 g/mol. The number of benzene rings is 1. The number of nitrogens with one attached hydrogen (secondary N) is 4. The number of rotatable bonds is 8. The van der Waals surface area contributed by atoms with Crippen molar-refractivity contribution in [3.8, 4) is 0 Å². The fourth-order valence-corrected chi connectivity index (χ4v) is 4.24. The molecule has 1 aromatic carbocycles. The van der Waals surface area contributed by atoms with Crippen molar-refractivity contribution in [1.29, 1.82) is 0 Å². The minimum absolute atomic E-state index is 0.0518. The summed E-state index contributed by atoms with van der Waals surface area (Å²) in [4.78, 5) is 16.8. The maximum atomic E-state index is 11.9. The maximum Gasteiger partial charge on any atom is 0.266 e. The van der Waals surface area contributed by atoms with E-state index in [0.717, 1.165) is 47.8 Å². The van der Waals surface area contributed by atoms with E-state index in [9.17, 15) is 4.79 Å². The maximum absolute atomic E-state index is 11.9. The molecule has 35 heavy (non-hydrogen) atoms. The van der Waals surface area contributed by atoms with Crippen molar-refractivity contribution < 1.29 is 4.79 Å². The molecule has 2 aromatic heterocycles. The van der Waals surface area contributed by atoms with E-state index in [-0.39, 0.29) is 10.6 Å². The number of halogens is 1. The third-order valence-electron chi connectivity index (χ3n) is 6.32. The second-order valence-corrected chi connectivity index (χ2v) is 10.5. The number of carbonyl (C=O) groups is 1. The molecule has 3 heterocycles. The van der Waals surface area contributed by atoms with Gasteiger partial charge in [0.25, 0.3) is 5.91 Å². The van der Waals surface area contributed by atoms with Crippen LogP contribution in [0.25, 0.3) is 5.65 Å². The van der Waals surface area contributed by atoms with Gasteiger partial charge in [-0.15, -0.1) is 0 Å². The summed E-state index contributed by atoms with van der Waals surface area (Å²) < 4.78 is 1.85. The molecule has 4 N–H and O–H groups in total. The molecule has 8 nitrogen and oxygen atoms in total. The first-order chi connectivity index (χ1) is 16.6. The molecule has 1 aliphatic rings. The van der Waals surface area contributed by atoms with E-state index in [0.29, 0.717) is 24.2 Å². The van der Waals surface area contributed by atoms with Crippen molar-refractivity contribution in [2.45, 2.75) is 64.6 Å². The number of anilines is 3. The van der Waals surface area contributed by atoms with Crippen LogP contribution in [0.1, 0.15) is 57.6 Å². The van der Waals surface area contributed by atoms with Gasteiger partial charge in [-0.1, -0.05) is 44.2 Å². The van der Waals surface area contributed by atoms with E-state index in [1.807, 2.05) is 41.0 Å². The number of carbonyl (C=O) groups excluding carboxylic acids is 1. The highest BCUT2D eigenvalue weighted by Crippen LogP contribution is 2.26. The average Bonchev–Trinajstić information content (AvgIpc) is 3.23. The molecule has 3 aromatic rings. The van der Waals surface area contributed by atoms with Crippen molar-refractivity contribution >= 4 is 40.5 Å².